The summed E-state index contributed by atoms with van der Waals surface area (Å²) < 4.78 is 25.2. The van der Waals surface area contributed by atoms with Crippen molar-refractivity contribution in [3.8, 4) is 0 Å². The number of ketones is 1. The van der Waals surface area contributed by atoms with Crippen molar-refractivity contribution >= 4 is 62.9 Å². The number of hydrogen-bond donors (Lipinski definition) is 4. The molecule has 0 aromatic carbocycles. The molecule has 1 spiro atoms. The van der Waals surface area contributed by atoms with E-state index >= 15 is 0 Å². The molecule has 2 heterocycles. The number of nitrogens with one attached hydrogen (secondary N) is 4. The molecule has 278 valence electrons. The minimum Gasteiger partial charge on any atom is -0.346 e. The molecule has 3 atom stereocenters. The van der Waals surface area contributed by atoms with Crippen molar-refractivity contribution in [1.29, 1.82) is 0 Å². The molecule has 49 heavy (non-hydrogen) atoms. The lowest BCUT2D eigenvalue weighted by atomic mass is 9.83. The number of carbonyl (C=O) groups is 5. The Bertz CT molecular complexity index is 1360. The molecule has 5 amide bonds. The summed E-state index contributed by atoms with van der Waals surface area (Å²) in [6.07, 6.45) is 6.13. The first kappa shape index (κ1) is 41.2. The third-order valence-electron chi connectivity index (χ3n) is 9.51. The first-order valence-corrected chi connectivity index (χ1v) is 20.9. The van der Waals surface area contributed by atoms with Crippen LogP contribution in [0.15, 0.2) is 12.7 Å². The highest BCUT2D eigenvalue weighted by Gasteiger charge is 2.54. The first-order chi connectivity index (χ1) is 22.7. The van der Waals surface area contributed by atoms with Crippen LogP contribution in [0.2, 0.25) is 0 Å². The van der Waals surface area contributed by atoms with Crippen LogP contribution < -0.4 is 21.3 Å². The van der Waals surface area contributed by atoms with Gasteiger partial charge in [-0.3, -0.25) is 19.2 Å². The molecule has 0 bridgehead atoms. The normalized spacial score (nSPS) is 21.8. The molecular formula is C34H57N5O7S3. The molecule has 1 saturated carbocycles. The van der Waals surface area contributed by atoms with Gasteiger partial charge in [-0.25, -0.2) is 13.2 Å². The summed E-state index contributed by atoms with van der Waals surface area (Å²) >= 11 is 3.40. The molecular weight excluding hydrogens is 687 g/mol. The van der Waals surface area contributed by atoms with E-state index in [-0.39, 0.29) is 25.3 Å². The fraction of sp³-hybridized carbons (Fsp3) is 0.794. The molecule has 1 unspecified atom stereocenters. The summed E-state index contributed by atoms with van der Waals surface area (Å²) in [4.78, 5) is 69.3. The largest absolute Gasteiger partial charge is 0.346 e. The van der Waals surface area contributed by atoms with Crippen LogP contribution in [-0.2, 0) is 29.0 Å². The van der Waals surface area contributed by atoms with Crippen molar-refractivity contribution in [3.63, 3.8) is 0 Å². The maximum atomic E-state index is 14.5. The van der Waals surface area contributed by atoms with Crippen LogP contribution in [0.5, 0.6) is 0 Å². The van der Waals surface area contributed by atoms with Gasteiger partial charge in [0.25, 0.3) is 5.91 Å². The molecule has 2 saturated heterocycles. The maximum absolute atomic E-state index is 14.5. The summed E-state index contributed by atoms with van der Waals surface area (Å²) in [5.41, 5.74) is -1.74. The van der Waals surface area contributed by atoms with Gasteiger partial charge in [0.05, 0.1) is 26.2 Å². The van der Waals surface area contributed by atoms with Gasteiger partial charge in [-0.2, -0.15) is 0 Å². The second kappa shape index (κ2) is 16.4. The number of Topliss-reactive ketones (excluding diaryl/α,β-unsaturated/α-hetero) is 1. The standard InChI is InChI=1S/C34H57N5O7S3/c1-9-14-23(25(40)28(42)35-17-10-2)36-27(41)24-20-34(47-18-19-48-34)21-39(24)29(43)26(31(3,4)5)37-30(44)38-33(15-12-11-13-16-33)22-49(45,46)32(6,7)8/h10,23-24,26H,2,9,11-22H2,1,3-8H3,(H,35,42)(H,36,41)(H2,37,38,44)/t23?,24-,26+/m0/s1. The van der Waals surface area contributed by atoms with Gasteiger partial charge >= 0.3 is 6.03 Å². The average molecular weight is 744 g/mol. The number of nitrogens with zero attached hydrogens (tertiary/aromatic N) is 1. The number of hydrogen-bond acceptors (Lipinski definition) is 9. The van der Waals surface area contributed by atoms with Crippen LogP contribution in [-0.4, -0.2) is 106 Å². The zero-order chi connectivity index (χ0) is 36.8. The summed E-state index contributed by atoms with van der Waals surface area (Å²) in [6.45, 7) is 16.2. The Labute approximate surface area is 301 Å². The topological polar surface area (TPSA) is 171 Å². The van der Waals surface area contributed by atoms with Crippen molar-refractivity contribution in [2.45, 2.75) is 132 Å². The number of likely N-dealkylation sites (tertiary alicyclic amines) is 1. The summed E-state index contributed by atoms with van der Waals surface area (Å²) in [6, 6.07) is -3.66. The molecule has 0 aromatic rings. The van der Waals surface area contributed by atoms with Gasteiger partial charge in [-0.05, 0) is 45.4 Å². The average Bonchev–Trinajstić information content (AvgIpc) is 3.63. The summed E-state index contributed by atoms with van der Waals surface area (Å²) in [5.74, 6) is -0.995. The number of carbonyl (C=O) groups excluding carboxylic acids is 5. The molecule has 4 N–H and O–H groups in total. The maximum Gasteiger partial charge on any atom is 0.315 e. The third kappa shape index (κ3) is 10.4. The quantitative estimate of drug-likeness (QED) is 0.163. The van der Waals surface area contributed by atoms with E-state index in [1.807, 2.05) is 27.7 Å². The van der Waals surface area contributed by atoms with E-state index in [4.69, 9.17) is 0 Å². The molecule has 2 aliphatic heterocycles. The van der Waals surface area contributed by atoms with E-state index in [2.05, 4.69) is 27.8 Å². The molecule has 3 fully saturated rings. The Kier molecular flexibility index (Phi) is 13.8. The van der Waals surface area contributed by atoms with E-state index in [9.17, 15) is 32.4 Å². The fourth-order valence-electron chi connectivity index (χ4n) is 6.58. The number of urea groups is 1. The first-order valence-electron chi connectivity index (χ1n) is 17.3. The van der Waals surface area contributed by atoms with Gasteiger partial charge in [-0.1, -0.05) is 59.5 Å². The molecule has 0 aromatic heterocycles. The SMILES string of the molecule is C=CCNC(=O)C(=O)C(CCC)NC(=O)[C@@H]1CC2(CN1C(=O)[C@@H](NC(=O)NC1(CS(=O)(=O)C(C)(C)C)CCCCC1)C(C)(C)C)SCCS2. The molecule has 15 heteroatoms. The second-order valence-corrected chi connectivity index (χ2v) is 21.6. The molecule has 1 aliphatic carbocycles. The number of sulfone groups is 1. The third-order valence-corrected chi connectivity index (χ3v) is 15.7. The number of rotatable bonds is 13. The number of amides is 5. The van der Waals surface area contributed by atoms with Gasteiger partial charge in [0.2, 0.25) is 17.6 Å². The van der Waals surface area contributed by atoms with Crippen molar-refractivity contribution < 1.29 is 32.4 Å². The lowest BCUT2D eigenvalue weighted by Gasteiger charge is -2.41. The van der Waals surface area contributed by atoms with Crippen molar-refractivity contribution in [2.24, 2.45) is 5.41 Å². The van der Waals surface area contributed by atoms with Gasteiger partial charge < -0.3 is 26.2 Å². The van der Waals surface area contributed by atoms with Gasteiger partial charge in [0.1, 0.15) is 12.1 Å². The molecule has 0 radical (unpaired) electrons. The highest BCUT2D eigenvalue weighted by Crippen LogP contribution is 2.52. The van der Waals surface area contributed by atoms with E-state index in [1.54, 1.807) is 44.3 Å². The molecule has 3 aliphatic rings. The lowest BCUT2D eigenvalue weighted by molar-refractivity contribution is -0.143. The zero-order valence-corrected chi connectivity index (χ0v) is 32.7. The minimum atomic E-state index is -3.57. The Morgan fingerprint density at radius 2 is 1.59 bits per heavy atom. The Hall–Kier alpha value is -2.26. The van der Waals surface area contributed by atoms with Crippen molar-refractivity contribution in [2.75, 3.05) is 30.3 Å². The van der Waals surface area contributed by atoms with Crippen molar-refractivity contribution in [1.82, 2.24) is 26.2 Å². The van der Waals surface area contributed by atoms with Crippen LogP contribution in [0, 0.1) is 5.41 Å². The second-order valence-electron chi connectivity index (χ2n) is 15.6. The van der Waals surface area contributed by atoms with Gasteiger partial charge in [-0.15, -0.1) is 30.1 Å². The highest BCUT2D eigenvalue weighted by atomic mass is 32.2. The monoisotopic (exact) mass is 743 g/mol. The number of thioether (sulfide) groups is 2. The van der Waals surface area contributed by atoms with Crippen LogP contribution >= 0.6 is 23.5 Å². The zero-order valence-electron chi connectivity index (χ0n) is 30.2. The van der Waals surface area contributed by atoms with Crippen LogP contribution in [0.4, 0.5) is 4.79 Å². The lowest BCUT2D eigenvalue weighted by Crippen LogP contribution is -2.63. The van der Waals surface area contributed by atoms with E-state index in [1.165, 1.54) is 11.0 Å². The van der Waals surface area contributed by atoms with E-state index in [0.29, 0.717) is 25.7 Å². The Balaban J connectivity index is 1.88. The summed E-state index contributed by atoms with van der Waals surface area (Å²) in [5, 5.41) is 11.1. The van der Waals surface area contributed by atoms with Crippen LogP contribution in [0.3, 0.4) is 0 Å². The van der Waals surface area contributed by atoms with E-state index in [0.717, 1.165) is 30.8 Å². The Morgan fingerprint density at radius 3 is 2.12 bits per heavy atom. The molecule has 3 rings (SSSR count). The Morgan fingerprint density at radius 1 is 0.980 bits per heavy atom. The predicted octanol–water partition coefficient (Wildman–Crippen LogP) is 3.55. The summed E-state index contributed by atoms with van der Waals surface area (Å²) in [7, 11) is -3.57. The highest BCUT2D eigenvalue weighted by molar-refractivity contribution is 8.21. The van der Waals surface area contributed by atoms with E-state index < -0.39 is 77.3 Å². The van der Waals surface area contributed by atoms with Crippen LogP contribution in [0.25, 0.3) is 0 Å². The fourth-order valence-corrected chi connectivity index (χ4v) is 11.4. The molecule has 12 nitrogen and oxygen atoms in total. The predicted molar refractivity (Wildman–Crippen MR) is 197 cm³/mol. The van der Waals surface area contributed by atoms with Crippen molar-refractivity contribution in [3.05, 3.63) is 12.7 Å². The van der Waals surface area contributed by atoms with Gasteiger partial charge in [0, 0.05) is 31.0 Å². The minimum absolute atomic E-state index is 0.113. The smallest absolute Gasteiger partial charge is 0.315 e. The van der Waals surface area contributed by atoms with Gasteiger partial charge in [0.15, 0.2) is 9.84 Å². The van der Waals surface area contributed by atoms with Crippen LogP contribution in [0.1, 0.15) is 99.8 Å².